The average molecular weight is 683 g/mol. The summed E-state index contributed by atoms with van der Waals surface area (Å²) in [7, 11) is 0. The maximum atomic E-state index is 2.45. The molecule has 1 aliphatic carbocycles. The molecule has 0 atom stereocenters. The Morgan fingerprint density at radius 2 is 0.830 bits per heavy atom. The van der Waals surface area contributed by atoms with Crippen molar-refractivity contribution >= 4 is 46.3 Å². The lowest BCUT2D eigenvalue weighted by molar-refractivity contribution is 0.632. The van der Waals surface area contributed by atoms with Crippen LogP contribution in [-0.4, -0.2) is 0 Å². The predicted molar refractivity (Wildman–Crippen MR) is 224 cm³/mol. The van der Waals surface area contributed by atoms with Gasteiger partial charge in [0, 0.05) is 40.0 Å². The van der Waals surface area contributed by atoms with E-state index in [-0.39, 0.29) is 10.8 Å². The molecule has 53 heavy (non-hydrogen) atoms. The summed E-state index contributed by atoms with van der Waals surface area (Å²) in [6.45, 7) is 9.42. The summed E-state index contributed by atoms with van der Waals surface area (Å²) < 4.78 is 0. The fourth-order valence-corrected chi connectivity index (χ4v) is 9.23. The normalized spacial score (nSPS) is 15.6. The monoisotopic (exact) mass is 682 g/mol. The molecule has 0 unspecified atom stereocenters. The molecule has 0 saturated heterocycles. The molecule has 0 saturated carbocycles. The number of rotatable bonds is 4. The summed E-state index contributed by atoms with van der Waals surface area (Å²) in [5, 5.41) is 0. The molecular formula is C51H42N2. The molecule has 0 spiro atoms. The summed E-state index contributed by atoms with van der Waals surface area (Å²) in [5.41, 5.74) is 20.5. The van der Waals surface area contributed by atoms with E-state index in [0.29, 0.717) is 0 Å². The quantitative estimate of drug-likeness (QED) is 0.171. The van der Waals surface area contributed by atoms with Crippen molar-refractivity contribution in [2.45, 2.75) is 44.9 Å². The second kappa shape index (κ2) is 11.7. The van der Waals surface area contributed by atoms with E-state index >= 15 is 0 Å². The SMILES string of the molecule is CC1(C)c2cc(C=Cc3ccc(N4c5ccccc5C(C)(C)c5ccccc54)cc3)ccc2-c2ccc(N3c4ccccc4Cc4ccccc43)cc21. The van der Waals surface area contributed by atoms with Gasteiger partial charge in [-0.1, -0.05) is 149 Å². The first-order valence-corrected chi connectivity index (χ1v) is 18.8. The molecule has 3 aliphatic rings. The van der Waals surface area contributed by atoms with Gasteiger partial charge in [-0.15, -0.1) is 0 Å². The Labute approximate surface area is 313 Å². The number of para-hydroxylation sites is 4. The van der Waals surface area contributed by atoms with Gasteiger partial charge in [0.15, 0.2) is 0 Å². The Morgan fingerprint density at radius 3 is 1.45 bits per heavy atom. The van der Waals surface area contributed by atoms with Crippen LogP contribution in [0.15, 0.2) is 158 Å². The first-order chi connectivity index (χ1) is 25.8. The van der Waals surface area contributed by atoms with Crippen molar-refractivity contribution in [2.75, 3.05) is 9.80 Å². The molecule has 0 N–H and O–H groups in total. The van der Waals surface area contributed by atoms with Gasteiger partial charge >= 0.3 is 0 Å². The van der Waals surface area contributed by atoms with Crippen molar-refractivity contribution in [2.24, 2.45) is 0 Å². The minimum absolute atomic E-state index is 0.0633. The maximum absolute atomic E-state index is 2.45. The highest BCUT2D eigenvalue weighted by Gasteiger charge is 2.38. The van der Waals surface area contributed by atoms with Crippen LogP contribution in [0.1, 0.15) is 72.2 Å². The maximum Gasteiger partial charge on any atom is 0.0502 e. The lowest BCUT2D eigenvalue weighted by atomic mass is 9.73. The highest BCUT2D eigenvalue weighted by atomic mass is 15.2. The highest BCUT2D eigenvalue weighted by molar-refractivity contribution is 5.89. The molecule has 2 nitrogen and oxygen atoms in total. The lowest BCUT2D eigenvalue weighted by Crippen LogP contribution is -2.30. The zero-order valence-corrected chi connectivity index (χ0v) is 30.8. The van der Waals surface area contributed by atoms with Gasteiger partial charge in [-0.3, -0.25) is 0 Å². The fraction of sp³-hybridized carbons (Fsp3) is 0.137. The molecule has 2 heteroatoms. The molecule has 0 aromatic heterocycles. The van der Waals surface area contributed by atoms with Gasteiger partial charge in [0.2, 0.25) is 0 Å². The molecule has 0 bridgehead atoms. The zero-order valence-electron chi connectivity index (χ0n) is 30.8. The lowest BCUT2D eigenvalue weighted by Gasteiger charge is -2.42. The minimum atomic E-state index is -0.128. The number of hydrogen-bond donors (Lipinski definition) is 0. The Hall–Kier alpha value is -6.12. The first-order valence-electron chi connectivity index (χ1n) is 18.8. The molecule has 0 radical (unpaired) electrons. The van der Waals surface area contributed by atoms with E-state index in [1.54, 1.807) is 0 Å². The third-order valence-electron chi connectivity index (χ3n) is 12.0. The van der Waals surface area contributed by atoms with Crippen LogP contribution in [0.3, 0.4) is 0 Å². The van der Waals surface area contributed by atoms with Gasteiger partial charge in [-0.2, -0.15) is 0 Å². The summed E-state index contributed by atoms with van der Waals surface area (Å²) >= 11 is 0. The minimum Gasteiger partial charge on any atom is -0.310 e. The number of nitrogens with zero attached hydrogens (tertiary/aromatic N) is 2. The molecule has 10 rings (SSSR count). The second-order valence-electron chi connectivity index (χ2n) is 15.8. The van der Waals surface area contributed by atoms with Gasteiger partial charge in [0.1, 0.15) is 0 Å². The topological polar surface area (TPSA) is 6.48 Å². The molecule has 0 amide bonds. The summed E-state index contributed by atoms with van der Waals surface area (Å²) in [6, 6.07) is 58.4. The van der Waals surface area contributed by atoms with Crippen LogP contribution in [0.4, 0.5) is 34.1 Å². The van der Waals surface area contributed by atoms with E-state index in [4.69, 9.17) is 0 Å². The van der Waals surface area contributed by atoms with Crippen molar-refractivity contribution in [1.29, 1.82) is 0 Å². The van der Waals surface area contributed by atoms with Crippen LogP contribution in [0.5, 0.6) is 0 Å². The molecule has 256 valence electrons. The number of fused-ring (bicyclic) bond motifs is 7. The Balaban J connectivity index is 0.947. The van der Waals surface area contributed by atoms with E-state index in [9.17, 15) is 0 Å². The van der Waals surface area contributed by atoms with Gasteiger partial charge in [0.05, 0.1) is 11.4 Å². The summed E-state index contributed by atoms with van der Waals surface area (Å²) in [5.74, 6) is 0. The molecule has 0 fully saturated rings. The number of anilines is 6. The van der Waals surface area contributed by atoms with Crippen LogP contribution in [0.25, 0.3) is 23.3 Å². The van der Waals surface area contributed by atoms with Gasteiger partial charge in [-0.05, 0) is 104 Å². The molecule has 2 heterocycles. The highest BCUT2D eigenvalue weighted by Crippen LogP contribution is 2.53. The van der Waals surface area contributed by atoms with Gasteiger partial charge in [0.25, 0.3) is 0 Å². The Bertz CT molecular complexity index is 2510. The van der Waals surface area contributed by atoms with Crippen molar-refractivity contribution < 1.29 is 0 Å². The van der Waals surface area contributed by atoms with E-state index in [0.717, 1.165) is 6.42 Å². The molecular weight excluding hydrogens is 641 g/mol. The van der Waals surface area contributed by atoms with Gasteiger partial charge in [-0.25, -0.2) is 0 Å². The van der Waals surface area contributed by atoms with Crippen LogP contribution in [-0.2, 0) is 17.3 Å². The van der Waals surface area contributed by atoms with Crippen molar-refractivity contribution in [3.05, 3.63) is 202 Å². The summed E-state index contributed by atoms with van der Waals surface area (Å²) in [6.07, 6.45) is 5.46. The molecule has 2 aliphatic heterocycles. The van der Waals surface area contributed by atoms with Crippen LogP contribution in [0, 0.1) is 0 Å². The largest absolute Gasteiger partial charge is 0.310 e. The smallest absolute Gasteiger partial charge is 0.0502 e. The predicted octanol–water partition coefficient (Wildman–Crippen LogP) is 13.6. The molecule has 7 aromatic carbocycles. The zero-order chi connectivity index (χ0) is 35.9. The van der Waals surface area contributed by atoms with Gasteiger partial charge < -0.3 is 9.80 Å². The Kier molecular flexibility index (Phi) is 6.98. The van der Waals surface area contributed by atoms with E-state index in [2.05, 4.69) is 207 Å². The van der Waals surface area contributed by atoms with E-state index < -0.39 is 0 Å². The van der Waals surface area contributed by atoms with Crippen LogP contribution < -0.4 is 9.80 Å². The third-order valence-corrected chi connectivity index (χ3v) is 12.0. The van der Waals surface area contributed by atoms with Crippen molar-refractivity contribution in [3.8, 4) is 11.1 Å². The Morgan fingerprint density at radius 1 is 0.396 bits per heavy atom. The third kappa shape index (κ3) is 4.86. The van der Waals surface area contributed by atoms with Crippen LogP contribution >= 0.6 is 0 Å². The van der Waals surface area contributed by atoms with E-state index in [1.165, 1.54) is 89.8 Å². The number of hydrogen-bond acceptors (Lipinski definition) is 2. The fourth-order valence-electron chi connectivity index (χ4n) is 9.23. The summed E-state index contributed by atoms with van der Waals surface area (Å²) in [4.78, 5) is 4.87. The van der Waals surface area contributed by atoms with Crippen LogP contribution in [0.2, 0.25) is 0 Å². The second-order valence-corrected chi connectivity index (χ2v) is 15.8. The first kappa shape index (κ1) is 31.6. The van der Waals surface area contributed by atoms with Crippen molar-refractivity contribution in [3.63, 3.8) is 0 Å². The van der Waals surface area contributed by atoms with E-state index in [1.807, 2.05) is 0 Å². The standard InChI is InChI=1S/C51H42N2/c1-50(2)42-15-7-11-19-48(42)52(49-20-12-8-16-43(49)50)38-26-23-34(24-27-38)21-22-35-25-29-40-41-30-28-39(33-45(41)51(3,4)44(40)31-35)53-46-17-9-5-13-36(46)32-37-14-6-10-18-47(37)53/h5-31,33H,32H2,1-4H3. The number of benzene rings is 7. The average Bonchev–Trinajstić information content (AvgIpc) is 3.41. The molecule has 7 aromatic rings. The van der Waals surface area contributed by atoms with Crippen molar-refractivity contribution in [1.82, 2.24) is 0 Å².